The number of hydrogen-bond acceptors (Lipinski definition) is 3. The van der Waals surface area contributed by atoms with Crippen molar-refractivity contribution < 1.29 is 8.42 Å². The van der Waals surface area contributed by atoms with Crippen molar-refractivity contribution >= 4 is 15.7 Å². The summed E-state index contributed by atoms with van der Waals surface area (Å²) in [5.41, 5.74) is 7.10. The summed E-state index contributed by atoms with van der Waals surface area (Å²) >= 11 is 0. The van der Waals surface area contributed by atoms with Gasteiger partial charge in [0.1, 0.15) is 0 Å². The Morgan fingerprint density at radius 1 is 1.27 bits per heavy atom. The lowest BCUT2D eigenvalue weighted by molar-refractivity contribution is 0.595. The number of nitrogens with zero attached hydrogens (tertiary/aromatic N) is 1. The average Bonchev–Trinajstić information content (AvgIpc) is 2.28. The Morgan fingerprint density at radius 2 is 1.80 bits per heavy atom. The highest BCUT2D eigenvalue weighted by molar-refractivity contribution is 7.92. The first-order valence-corrected chi connectivity index (χ1v) is 6.37. The third-order valence-electron chi connectivity index (χ3n) is 2.32. The predicted molar refractivity (Wildman–Crippen MR) is 62.2 cm³/mol. The molecule has 0 aromatic heterocycles. The minimum Gasteiger partial charge on any atom is -0.326 e. The molecule has 0 radical (unpaired) electrons. The largest absolute Gasteiger partial charge is 0.326 e. The van der Waals surface area contributed by atoms with Gasteiger partial charge in [0.15, 0.2) is 0 Å². The van der Waals surface area contributed by atoms with E-state index in [1.165, 1.54) is 4.31 Å². The predicted octanol–water partition coefficient (Wildman–Crippen LogP) is 0.931. The summed E-state index contributed by atoms with van der Waals surface area (Å²) in [6.07, 6.45) is 0. The van der Waals surface area contributed by atoms with Gasteiger partial charge in [0, 0.05) is 13.6 Å². The summed E-state index contributed by atoms with van der Waals surface area (Å²) < 4.78 is 24.4. The Kier molecular flexibility index (Phi) is 3.71. The normalized spacial score (nSPS) is 11.4. The van der Waals surface area contributed by atoms with Crippen molar-refractivity contribution in [2.24, 2.45) is 5.73 Å². The fourth-order valence-corrected chi connectivity index (χ4v) is 2.03. The Morgan fingerprint density at radius 3 is 2.20 bits per heavy atom. The smallest absolute Gasteiger partial charge is 0.234 e. The number of anilines is 1. The first-order valence-electron chi connectivity index (χ1n) is 4.77. The van der Waals surface area contributed by atoms with Crippen LogP contribution >= 0.6 is 0 Å². The average molecular weight is 228 g/mol. The maximum atomic E-state index is 11.6. The maximum Gasteiger partial charge on any atom is 0.234 e. The third kappa shape index (κ3) is 2.70. The van der Waals surface area contributed by atoms with E-state index in [1.54, 1.807) is 26.1 Å². The van der Waals surface area contributed by atoms with Crippen molar-refractivity contribution in [3.05, 3.63) is 29.8 Å². The van der Waals surface area contributed by atoms with Crippen LogP contribution in [0.5, 0.6) is 0 Å². The first kappa shape index (κ1) is 12.0. The van der Waals surface area contributed by atoms with Crippen LogP contribution in [0.4, 0.5) is 5.69 Å². The van der Waals surface area contributed by atoms with Gasteiger partial charge in [-0.15, -0.1) is 0 Å². The highest BCUT2D eigenvalue weighted by atomic mass is 32.2. The van der Waals surface area contributed by atoms with Gasteiger partial charge >= 0.3 is 0 Å². The lowest BCUT2D eigenvalue weighted by Gasteiger charge is -2.18. The van der Waals surface area contributed by atoms with E-state index >= 15 is 0 Å². The van der Waals surface area contributed by atoms with Gasteiger partial charge in [-0.2, -0.15) is 0 Å². The molecule has 0 aliphatic heterocycles. The molecule has 0 spiro atoms. The molecule has 1 aromatic rings. The molecular formula is C10H16N2O2S. The molecule has 0 heterocycles. The van der Waals surface area contributed by atoms with Gasteiger partial charge in [0.25, 0.3) is 0 Å². The van der Waals surface area contributed by atoms with Gasteiger partial charge < -0.3 is 5.73 Å². The minimum absolute atomic E-state index is 0.0993. The minimum atomic E-state index is -3.17. The lowest BCUT2D eigenvalue weighted by atomic mass is 10.2. The summed E-state index contributed by atoms with van der Waals surface area (Å²) in [5, 5.41) is 0. The van der Waals surface area contributed by atoms with Gasteiger partial charge in [-0.25, -0.2) is 8.42 Å². The van der Waals surface area contributed by atoms with Crippen molar-refractivity contribution in [1.29, 1.82) is 0 Å². The van der Waals surface area contributed by atoms with Crippen LogP contribution in [0, 0.1) is 0 Å². The molecule has 15 heavy (non-hydrogen) atoms. The Labute approximate surface area is 90.8 Å². The number of benzene rings is 1. The van der Waals surface area contributed by atoms with E-state index in [2.05, 4.69) is 0 Å². The zero-order chi connectivity index (χ0) is 11.5. The fourth-order valence-electron chi connectivity index (χ4n) is 1.20. The summed E-state index contributed by atoms with van der Waals surface area (Å²) in [7, 11) is -1.62. The second-order valence-electron chi connectivity index (χ2n) is 3.24. The van der Waals surface area contributed by atoms with Crippen LogP contribution in [-0.4, -0.2) is 21.2 Å². The quantitative estimate of drug-likeness (QED) is 0.834. The molecule has 0 fully saturated rings. The zero-order valence-electron chi connectivity index (χ0n) is 8.97. The number of sulfonamides is 1. The summed E-state index contributed by atoms with van der Waals surface area (Å²) in [6.45, 7) is 2.09. The van der Waals surface area contributed by atoms with E-state index in [-0.39, 0.29) is 5.75 Å². The molecule has 1 rings (SSSR count). The van der Waals surface area contributed by atoms with Crippen LogP contribution in [0.15, 0.2) is 24.3 Å². The Hall–Kier alpha value is -1.07. The number of hydrogen-bond donors (Lipinski definition) is 1. The highest BCUT2D eigenvalue weighted by Gasteiger charge is 2.14. The van der Waals surface area contributed by atoms with E-state index in [1.807, 2.05) is 12.1 Å². The molecule has 0 aliphatic carbocycles. The van der Waals surface area contributed by atoms with Crippen molar-refractivity contribution in [2.75, 3.05) is 17.1 Å². The van der Waals surface area contributed by atoms with E-state index in [4.69, 9.17) is 5.73 Å². The fraction of sp³-hybridized carbons (Fsp3) is 0.400. The van der Waals surface area contributed by atoms with Gasteiger partial charge in [0.2, 0.25) is 10.0 Å². The molecule has 0 atom stereocenters. The monoisotopic (exact) mass is 228 g/mol. The van der Waals surface area contributed by atoms with Crippen LogP contribution < -0.4 is 10.0 Å². The molecule has 1 aromatic carbocycles. The second-order valence-corrected chi connectivity index (χ2v) is 5.53. The van der Waals surface area contributed by atoms with E-state index in [0.29, 0.717) is 12.2 Å². The SMILES string of the molecule is CCS(=O)(=O)N(C)c1ccc(CN)cc1. The third-order valence-corrected chi connectivity index (χ3v) is 4.09. The molecule has 0 amide bonds. The molecule has 0 bridgehead atoms. The van der Waals surface area contributed by atoms with Crippen LogP contribution in [0.25, 0.3) is 0 Å². The number of nitrogens with two attached hydrogens (primary N) is 1. The van der Waals surface area contributed by atoms with Gasteiger partial charge in [-0.1, -0.05) is 12.1 Å². The van der Waals surface area contributed by atoms with Crippen LogP contribution in [0.2, 0.25) is 0 Å². The molecule has 0 aliphatic rings. The van der Waals surface area contributed by atoms with E-state index in [0.717, 1.165) is 5.56 Å². The maximum absolute atomic E-state index is 11.6. The standard InChI is InChI=1S/C10H16N2O2S/c1-3-15(13,14)12(2)10-6-4-9(8-11)5-7-10/h4-7H,3,8,11H2,1-2H3. The van der Waals surface area contributed by atoms with Crippen LogP contribution in [0.3, 0.4) is 0 Å². The summed E-state index contributed by atoms with van der Waals surface area (Å²) in [4.78, 5) is 0. The molecule has 2 N–H and O–H groups in total. The van der Waals surface area contributed by atoms with E-state index in [9.17, 15) is 8.42 Å². The topological polar surface area (TPSA) is 63.4 Å². The summed E-state index contributed by atoms with van der Waals surface area (Å²) in [6, 6.07) is 7.18. The first-order chi connectivity index (χ1) is 7.01. The lowest BCUT2D eigenvalue weighted by Crippen LogP contribution is -2.27. The molecule has 0 unspecified atom stereocenters. The zero-order valence-corrected chi connectivity index (χ0v) is 9.79. The Bertz CT molecular complexity index is 412. The second kappa shape index (κ2) is 4.63. The van der Waals surface area contributed by atoms with Crippen molar-refractivity contribution in [1.82, 2.24) is 0 Å². The highest BCUT2D eigenvalue weighted by Crippen LogP contribution is 2.16. The molecule has 0 saturated carbocycles. The van der Waals surface area contributed by atoms with Gasteiger partial charge in [-0.3, -0.25) is 4.31 Å². The van der Waals surface area contributed by atoms with Gasteiger partial charge in [-0.05, 0) is 24.6 Å². The van der Waals surface area contributed by atoms with E-state index < -0.39 is 10.0 Å². The molecule has 0 saturated heterocycles. The number of rotatable bonds is 4. The molecule has 4 nitrogen and oxygen atoms in total. The van der Waals surface area contributed by atoms with Gasteiger partial charge in [0.05, 0.1) is 11.4 Å². The van der Waals surface area contributed by atoms with Crippen molar-refractivity contribution in [2.45, 2.75) is 13.5 Å². The summed E-state index contributed by atoms with van der Waals surface area (Å²) in [5.74, 6) is 0.0993. The molecule has 84 valence electrons. The molecular weight excluding hydrogens is 212 g/mol. The van der Waals surface area contributed by atoms with Crippen LogP contribution in [0.1, 0.15) is 12.5 Å². The van der Waals surface area contributed by atoms with Crippen LogP contribution in [-0.2, 0) is 16.6 Å². The Balaban J connectivity index is 2.97. The van der Waals surface area contributed by atoms with Crippen molar-refractivity contribution in [3.63, 3.8) is 0 Å². The molecule has 5 heteroatoms. The van der Waals surface area contributed by atoms with Crippen molar-refractivity contribution in [3.8, 4) is 0 Å².